The highest BCUT2D eigenvalue weighted by Gasteiger charge is 2.25. The SMILES string of the molecule is CCCN(CC1CC1)C(=O)/C=C/c1cn(-c2ccccc2)nc1-c1cccnc1. The Labute approximate surface area is 171 Å². The molecule has 1 amide bonds. The third-order valence-electron chi connectivity index (χ3n) is 5.08. The molecule has 2 aromatic heterocycles. The van der Waals surface area contributed by atoms with Crippen molar-refractivity contribution in [2.24, 2.45) is 5.92 Å². The van der Waals surface area contributed by atoms with E-state index in [1.807, 2.05) is 64.3 Å². The van der Waals surface area contributed by atoms with Crippen molar-refractivity contribution >= 4 is 12.0 Å². The molecule has 1 aliphatic carbocycles. The van der Waals surface area contributed by atoms with Crippen LogP contribution in [0.5, 0.6) is 0 Å². The van der Waals surface area contributed by atoms with Crippen LogP contribution >= 0.6 is 0 Å². The van der Waals surface area contributed by atoms with Gasteiger partial charge in [-0.2, -0.15) is 5.10 Å². The van der Waals surface area contributed by atoms with Gasteiger partial charge in [-0.15, -0.1) is 0 Å². The Bertz CT molecular complexity index is 975. The van der Waals surface area contributed by atoms with E-state index in [0.29, 0.717) is 5.92 Å². The summed E-state index contributed by atoms with van der Waals surface area (Å²) < 4.78 is 1.85. The van der Waals surface area contributed by atoms with Crippen molar-refractivity contribution in [3.63, 3.8) is 0 Å². The molecule has 0 N–H and O–H groups in total. The molecule has 5 nitrogen and oxygen atoms in total. The van der Waals surface area contributed by atoms with Crippen LogP contribution in [0, 0.1) is 5.92 Å². The van der Waals surface area contributed by atoms with Gasteiger partial charge in [0.05, 0.1) is 5.69 Å². The quantitative estimate of drug-likeness (QED) is 0.532. The molecular formula is C24H26N4O. The topological polar surface area (TPSA) is 51.0 Å². The zero-order chi connectivity index (χ0) is 20.1. The van der Waals surface area contributed by atoms with Crippen molar-refractivity contribution in [2.45, 2.75) is 26.2 Å². The lowest BCUT2D eigenvalue weighted by Gasteiger charge is -2.20. The second kappa shape index (κ2) is 8.86. The third-order valence-corrected chi connectivity index (χ3v) is 5.08. The standard InChI is InChI=1S/C24H26N4O/c1-2-15-27(17-19-10-11-19)23(29)13-12-21-18-28(22-8-4-3-5-9-22)26-24(21)20-7-6-14-25-16-20/h3-9,12-14,16,18-19H,2,10-11,15,17H2,1H3/b13-12+. The lowest BCUT2D eigenvalue weighted by atomic mass is 10.1. The average molecular weight is 386 g/mol. The summed E-state index contributed by atoms with van der Waals surface area (Å²) in [4.78, 5) is 19.0. The number of hydrogen-bond donors (Lipinski definition) is 0. The van der Waals surface area contributed by atoms with Crippen molar-refractivity contribution in [2.75, 3.05) is 13.1 Å². The summed E-state index contributed by atoms with van der Waals surface area (Å²) in [6, 6.07) is 13.9. The van der Waals surface area contributed by atoms with Gasteiger partial charge < -0.3 is 4.90 Å². The van der Waals surface area contributed by atoms with Crippen LogP contribution in [0.25, 0.3) is 23.0 Å². The number of aromatic nitrogens is 3. The van der Waals surface area contributed by atoms with E-state index in [4.69, 9.17) is 5.10 Å². The normalized spacial score (nSPS) is 13.7. The Hall–Kier alpha value is -3.21. The number of carbonyl (C=O) groups excluding carboxylic acids is 1. The lowest BCUT2D eigenvalue weighted by molar-refractivity contribution is -0.126. The molecule has 3 aromatic rings. The fraction of sp³-hybridized carbons (Fsp3) is 0.292. The predicted octanol–water partition coefficient (Wildman–Crippen LogP) is 4.60. The minimum atomic E-state index is 0.0725. The summed E-state index contributed by atoms with van der Waals surface area (Å²) in [5, 5.41) is 4.77. The molecule has 0 saturated heterocycles. The molecule has 0 radical (unpaired) electrons. The zero-order valence-corrected chi connectivity index (χ0v) is 16.7. The number of amides is 1. The Balaban J connectivity index is 1.63. The number of pyridine rings is 1. The van der Waals surface area contributed by atoms with Crippen LogP contribution < -0.4 is 0 Å². The van der Waals surface area contributed by atoms with Gasteiger partial charge in [-0.3, -0.25) is 9.78 Å². The number of benzene rings is 1. The van der Waals surface area contributed by atoms with Crippen molar-refractivity contribution in [3.05, 3.63) is 72.7 Å². The van der Waals surface area contributed by atoms with E-state index < -0.39 is 0 Å². The highest BCUT2D eigenvalue weighted by molar-refractivity contribution is 5.92. The smallest absolute Gasteiger partial charge is 0.246 e. The Kier molecular flexibility index (Phi) is 5.84. The first-order chi connectivity index (χ1) is 14.2. The molecule has 148 valence electrons. The maximum absolute atomic E-state index is 12.8. The van der Waals surface area contributed by atoms with Crippen LogP contribution in [0.4, 0.5) is 0 Å². The summed E-state index contributed by atoms with van der Waals surface area (Å²) >= 11 is 0. The minimum absolute atomic E-state index is 0.0725. The third kappa shape index (κ3) is 4.80. The first kappa shape index (κ1) is 19.1. The van der Waals surface area contributed by atoms with Crippen molar-refractivity contribution in [1.82, 2.24) is 19.7 Å². The Morgan fingerprint density at radius 2 is 2.03 bits per heavy atom. The van der Waals surface area contributed by atoms with Crippen molar-refractivity contribution in [1.29, 1.82) is 0 Å². The fourth-order valence-electron chi connectivity index (χ4n) is 3.39. The van der Waals surface area contributed by atoms with Crippen LogP contribution in [-0.4, -0.2) is 38.7 Å². The number of nitrogens with zero attached hydrogens (tertiary/aromatic N) is 4. The number of hydrogen-bond acceptors (Lipinski definition) is 3. The molecule has 1 saturated carbocycles. The second-order valence-corrected chi connectivity index (χ2v) is 7.52. The molecule has 2 heterocycles. The van der Waals surface area contributed by atoms with Gasteiger partial charge >= 0.3 is 0 Å². The molecule has 0 aliphatic heterocycles. The van der Waals surface area contributed by atoms with Crippen LogP contribution in [0.15, 0.2) is 67.1 Å². The lowest BCUT2D eigenvalue weighted by Crippen LogP contribution is -2.32. The molecule has 0 bridgehead atoms. The molecule has 1 aromatic carbocycles. The Morgan fingerprint density at radius 3 is 2.72 bits per heavy atom. The summed E-state index contributed by atoms with van der Waals surface area (Å²) in [6.45, 7) is 3.79. The van der Waals surface area contributed by atoms with E-state index in [-0.39, 0.29) is 5.91 Å². The van der Waals surface area contributed by atoms with Gasteiger partial charge in [-0.25, -0.2) is 4.68 Å². The van der Waals surface area contributed by atoms with Crippen LogP contribution in [0.2, 0.25) is 0 Å². The molecule has 0 unspecified atom stereocenters. The largest absolute Gasteiger partial charge is 0.339 e. The summed E-state index contributed by atoms with van der Waals surface area (Å²) in [5.41, 5.74) is 3.62. The monoisotopic (exact) mass is 386 g/mol. The Morgan fingerprint density at radius 1 is 1.21 bits per heavy atom. The van der Waals surface area contributed by atoms with Gasteiger partial charge in [0.15, 0.2) is 0 Å². The van der Waals surface area contributed by atoms with E-state index in [2.05, 4.69) is 11.9 Å². The maximum atomic E-state index is 12.8. The van der Waals surface area contributed by atoms with E-state index in [1.54, 1.807) is 18.5 Å². The molecule has 1 aliphatic rings. The van der Waals surface area contributed by atoms with Gasteiger partial charge in [0.25, 0.3) is 0 Å². The summed E-state index contributed by atoms with van der Waals surface area (Å²) in [7, 11) is 0. The average Bonchev–Trinajstić information content (AvgIpc) is 3.48. The maximum Gasteiger partial charge on any atom is 0.246 e. The van der Waals surface area contributed by atoms with Gasteiger partial charge in [0.1, 0.15) is 5.69 Å². The molecule has 0 spiro atoms. The van der Waals surface area contributed by atoms with Gasteiger partial charge in [0.2, 0.25) is 5.91 Å². The van der Waals surface area contributed by atoms with E-state index in [0.717, 1.165) is 42.0 Å². The highest BCUT2D eigenvalue weighted by Crippen LogP contribution is 2.30. The van der Waals surface area contributed by atoms with Gasteiger partial charge in [-0.1, -0.05) is 25.1 Å². The highest BCUT2D eigenvalue weighted by atomic mass is 16.2. The number of carbonyl (C=O) groups is 1. The predicted molar refractivity (Wildman–Crippen MR) is 115 cm³/mol. The van der Waals surface area contributed by atoms with Gasteiger partial charge in [0, 0.05) is 48.9 Å². The van der Waals surface area contributed by atoms with E-state index >= 15 is 0 Å². The summed E-state index contributed by atoms with van der Waals surface area (Å²) in [6.07, 6.45) is 12.5. The zero-order valence-electron chi connectivity index (χ0n) is 16.7. The fourth-order valence-corrected chi connectivity index (χ4v) is 3.39. The molecule has 4 rings (SSSR count). The van der Waals surface area contributed by atoms with Gasteiger partial charge in [-0.05, 0) is 55.5 Å². The van der Waals surface area contributed by atoms with E-state index in [9.17, 15) is 4.79 Å². The first-order valence-corrected chi connectivity index (χ1v) is 10.3. The molecule has 0 atom stereocenters. The van der Waals surface area contributed by atoms with Crippen LogP contribution in [0.3, 0.4) is 0 Å². The van der Waals surface area contributed by atoms with E-state index in [1.165, 1.54) is 12.8 Å². The van der Waals surface area contributed by atoms with Crippen molar-refractivity contribution in [3.8, 4) is 16.9 Å². The van der Waals surface area contributed by atoms with Crippen molar-refractivity contribution < 1.29 is 4.79 Å². The summed E-state index contributed by atoms with van der Waals surface area (Å²) in [5.74, 6) is 0.758. The molecule has 29 heavy (non-hydrogen) atoms. The van der Waals surface area contributed by atoms with Crippen LogP contribution in [-0.2, 0) is 4.79 Å². The number of rotatable bonds is 8. The molecule has 1 fully saturated rings. The first-order valence-electron chi connectivity index (χ1n) is 10.3. The molecular weight excluding hydrogens is 360 g/mol. The number of para-hydroxylation sites is 1. The molecule has 5 heteroatoms. The second-order valence-electron chi connectivity index (χ2n) is 7.52. The van der Waals surface area contributed by atoms with Crippen LogP contribution in [0.1, 0.15) is 31.7 Å². The minimum Gasteiger partial charge on any atom is -0.339 e.